The van der Waals surface area contributed by atoms with E-state index in [0.29, 0.717) is 12.1 Å². The highest BCUT2D eigenvalue weighted by molar-refractivity contribution is 7.09. The average Bonchev–Trinajstić information content (AvgIpc) is 2.85. The Bertz CT molecular complexity index is 285. The third-order valence-corrected chi connectivity index (χ3v) is 3.64. The highest BCUT2D eigenvalue weighted by atomic mass is 32.1. The van der Waals surface area contributed by atoms with Crippen LogP contribution in [-0.4, -0.2) is 37.3 Å². The number of aromatic nitrogens is 1. The first-order chi connectivity index (χ1) is 7.90. The quantitative estimate of drug-likeness (QED) is 0.812. The summed E-state index contributed by atoms with van der Waals surface area (Å²) in [6, 6.07) is 0.366. The van der Waals surface area contributed by atoms with Crippen molar-refractivity contribution < 1.29 is 4.74 Å². The molecule has 1 saturated heterocycles. The molecular formula is C11H19N3OS. The number of ether oxygens (including phenoxy) is 1. The maximum Gasteiger partial charge on any atom is 0.109 e. The van der Waals surface area contributed by atoms with Gasteiger partial charge >= 0.3 is 0 Å². The first kappa shape index (κ1) is 12.0. The second kappa shape index (κ2) is 6.30. The molecule has 0 amide bonds. The molecule has 90 valence electrons. The van der Waals surface area contributed by atoms with Gasteiger partial charge in [0.05, 0.1) is 18.8 Å². The Morgan fingerprint density at radius 2 is 2.69 bits per heavy atom. The Morgan fingerprint density at radius 1 is 1.75 bits per heavy atom. The fraction of sp³-hybridized carbons (Fsp3) is 0.727. The van der Waals surface area contributed by atoms with E-state index in [4.69, 9.17) is 4.74 Å². The molecule has 2 heterocycles. The van der Waals surface area contributed by atoms with Gasteiger partial charge in [-0.15, -0.1) is 11.3 Å². The number of hydrogen-bond donors (Lipinski definition) is 2. The normalized spacial score (nSPS) is 23.2. The number of nitrogens with zero attached hydrogens (tertiary/aromatic N) is 1. The van der Waals surface area contributed by atoms with Crippen molar-refractivity contribution in [2.75, 3.05) is 26.2 Å². The van der Waals surface area contributed by atoms with E-state index in [-0.39, 0.29) is 0 Å². The van der Waals surface area contributed by atoms with Crippen LogP contribution in [0.15, 0.2) is 11.6 Å². The van der Waals surface area contributed by atoms with E-state index in [9.17, 15) is 0 Å². The van der Waals surface area contributed by atoms with Gasteiger partial charge in [0, 0.05) is 31.2 Å². The molecule has 0 saturated carbocycles. The molecule has 0 aromatic carbocycles. The standard InChI is InChI=1S/C11H19N3OS/c1-2-10(11-13-4-6-16-11)14-8-9-7-12-3-5-15-9/h4,6,9-10,12,14H,2-3,5,7-8H2,1H3. The SMILES string of the molecule is CCC(NCC1CNCCO1)c1nccs1. The van der Waals surface area contributed by atoms with Crippen LogP contribution in [0.2, 0.25) is 0 Å². The molecule has 1 aliphatic rings. The minimum absolute atomic E-state index is 0.294. The smallest absolute Gasteiger partial charge is 0.109 e. The molecule has 2 atom stereocenters. The first-order valence-corrected chi connectivity index (χ1v) is 6.73. The second-order valence-corrected chi connectivity index (χ2v) is 4.86. The molecule has 2 N–H and O–H groups in total. The maximum absolute atomic E-state index is 5.65. The van der Waals surface area contributed by atoms with Gasteiger partial charge in [-0.1, -0.05) is 6.92 Å². The third-order valence-electron chi connectivity index (χ3n) is 2.75. The molecule has 0 bridgehead atoms. The first-order valence-electron chi connectivity index (χ1n) is 5.85. The van der Waals surface area contributed by atoms with E-state index in [1.807, 2.05) is 11.6 Å². The second-order valence-electron chi connectivity index (χ2n) is 3.94. The van der Waals surface area contributed by atoms with Gasteiger partial charge in [-0.3, -0.25) is 0 Å². The predicted molar refractivity (Wildman–Crippen MR) is 65.8 cm³/mol. The minimum atomic E-state index is 0.294. The lowest BCUT2D eigenvalue weighted by Crippen LogP contribution is -2.44. The molecule has 0 radical (unpaired) electrons. The van der Waals surface area contributed by atoms with Gasteiger partial charge in [-0.2, -0.15) is 0 Å². The molecule has 2 rings (SSSR count). The molecule has 0 aliphatic carbocycles. The van der Waals surface area contributed by atoms with E-state index >= 15 is 0 Å². The zero-order valence-electron chi connectivity index (χ0n) is 9.61. The van der Waals surface area contributed by atoms with E-state index in [0.717, 1.165) is 32.7 Å². The summed E-state index contributed by atoms with van der Waals surface area (Å²) in [6.07, 6.45) is 3.22. The summed E-state index contributed by atoms with van der Waals surface area (Å²) in [5, 5.41) is 10.1. The van der Waals surface area contributed by atoms with E-state index in [1.165, 1.54) is 5.01 Å². The van der Waals surface area contributed by atoms with Gasteiger partial charge < -0.3 is 15.4 Å². The van der Waals surface area contributed by atoms with Crippen LogP contribution in [0.1, 0.15) is 24.4 Å². The zero-order valence-corrected chi connectivity index (χ0v) is 10.4. The van der Waals surface area contributed by atoms with Gasteiger partial charge in [0.2, 0.25) is 0 Å². The van der Waals surface area contributed by atoms with Crippen LogP contribution in [0, 0.1) is 0 Å². The van der Waals surface area contributed by atoms with Gasteiger partial charge in [-0.05, 0) is 6.42 Å². The number of hydrogen-bond acceptors (Lipinski definition) is 5. The molecule has 16 heavy (non-hydrogen) atoms. The van der Waals surface area contributed by atoms with Crippen molar-refractivity contribution >= 4 is 11.3 Å². The number of morpholine rings is 1. The fourth-order valence-electron chi connectivity index (χ4n) is 1.84. The van der Waals surface area contributed by atoms with Crippen molar-refractivity contribution in [1.29, 1.82) is 0 Å². The topological polar surface area (TPSA) is 46.2 Å². The molecule has 2 unspecified atom stereocenters. The van der Waals surface area contributed by atoms with Gasteiger partial charge in [-0.25, -0.2) is 4.98 Å². The van der Waals surface area contributed by atoms with Crippen molar-refractivity contribution in [3.05, 3.63) is 16.6 Å². The summed E-state index contributed by atoms with van der Waals surface area (Å²) >= 11 is 1.71. The summed E-state index contributed by atoms with van der Waals surface area (Å²) in [5.41, 5.74) is 0. The van der Waals surface area contributed by atoms with Crippen molar-refractivity contribution in [3.63, 3.8) is 0 Å². The monoisotopic (exact) mass is 241 g/mol. The Hall–Kier alpha value is -0.490. The van der Waals surface area contributed by atoms with Crippen molar-refractivity contribution in [2.45, 2.75) is 25.5 Å². The van der Waals surface area contributed by atoms with Crippen LogP contribution in [0.4, 0.5) is 0 Å². The van der Waals surface area contributed by atoms with Gasteiger partial charge in [0.15, 0.2) is 0 Å². The van der Waals surface area contributed by atoms with Gasteiger partial charge in [0.25, 0.3) is 0 Å². The molecule has 1 fully saturated rings. The van der Waals surface area contributed by atoms with E-state index < -0.39 is 0 Å². The number of thiazole rings is 1. The lowest BCUT2D eigenvalue weighted by molar-refractivity contribution is 0.0274. The van der Waals surface area contributed by atoms with Crippen LogP contribution in [0.3, 0.4) is 0 Å². The summed E-state index contributed by atoms with van der Waals surface area (Å²) < 4.78 is 5.65. The molecule has 5 heteroatoms. The van der Waals surface area contributed by atoms with Crippen LogP contribution in [-0.2, 0) is 4.74 Å². The molecule has 1 aromatic heterocycles. The Morgan fingerprint density at radius 3 is 3.31 bits per heavy atom. The van der Waals surface area contributed by atoms with E-state index in [1.54, 1.807) is 11.3 Å². The molecular weight excluding hydrogens is 222 g/mol. The third kappa shape index (κ3) is 3.25. The average molecular weight is 241 g/mol. The summed E-state index contributed by atoms with van der Waals surface area (Å²) in [6.45, 7) is 5.81. The summed E-state index contributed by atoms with van der Waals surface area (Å²) in [7, 11) is 0. The Balaban J connectivity index is 1.78. The van der Waals surface area contributed by atoms with Crippen molar-refractivity contribution in [3.8, 4) is 0 Å². The largest absolute Gasteiger partial charge is 0.374 e. The number of nitrogens with one attached hydrogen (secondary N) is 2. The molecule has 1 aliphatic heterocycles. The summed E-state index contributed by atoms with van der Waals surface area (Å²) in [4.78, 5) is 4.35. The van der Waals surface area contributed by atoms with Crippen LogP contribution < -0.4 is 10.6 Å². The zero-order chi connectivity index (χ0) is 11.2. The summed E-state index contributed by atoms with van der Waals surface area (Å²) in [5.74, 6) is 0. The fourth-order valence-corrected chi connectivity index (χ4v) is 2.63. The lowest BCUT2D eigenvalue weighted by atomic mass is 10.2. The van der Waals surface area contributed by atoms with Gasteiger partial charge in [0.1, 0.15) is 5.01 Å². The molecule has 0 spiro atoms. The highest BCUT2D eigenvalue weighted by Crippen LogP contribution is 2.18. The molecule has 1 aromatic rings. The van der Waals surface area contributed by atoms with Crippen LogP contribution >= 0.6 is 11.3 Å². The van der Waals surface area contributed by atoms with Crippen molar-refractivity contribution in [1.82, 2.24) is 15.6 Å². The highest BCUT2D eigenvalue weighted by Gasteiger charge is 2.16. The Kier molecular flexibility index (Phi) is 4.71. The van der Waals surface area contributed by atoms with Crippen LogP contribution in [0.5, 0.6) is 0 Å². The minimum Gasteiger partial charge on any atom is -0.374 e. The predicted octanol–water partition coefficient (Wildman–Crippen LogP) is 1.17. The number of rotatable bonds is 5. The Labute approximate surface area is 100 Å². The van der Waals surface area contributed by atoms with Crippen LogP contribution in [0.25, 0.3) is 0 Å². The lowest BCUT2D eigenvalue weighted by Gasteiger charge is -2.25. The molecule has 4 nitrogen and oxygen atoms in total. The maximum atomic E-state index is 5.65. The van der Waals surface area contributed by atoms with E-state index in [2.05, 4.69) is 22.5 Å². The van der Waals surface area contributed by atoms with Crippen molar-refractivity contribution in [2.24, 2.45) is 0 Å².